The molecule has 3 aromatic carbocycles. The average molecular weight is 422 g/mol. The largest absolute Gasteiger partial charge is 0.478 e. The molecule has 31 heavy (non-hydrogen) atoms. The molecule has 0 spiro atoms. The topological polar surface area (TPSA) is 112 Å². The second-order valence-electron chi connectivity index (χ2n) is 6.70. The van der Waals surface area contributed by atoms with Gasteiger partial charge in [-0.3, -0.25) is 0 Å². The lowest BCUT2D eigenvalue weighted by molar-refractivity contribution is 0.0681. The Labute approximate surface area is 181 Å². The summed E-state index contributed by atoms with van der Waals surface area (Å²) in [6, 6.07) is 20.4. The molecule has 6 nitrogen and oxygen atoms in total. The molecule has 0 fully saturated rings. The van der Waals surface area contributed by atoms with Crippen LogP contribution in [0.2, 0.25) is 0 Å². The van der Waals surface area contributed by atoms with E-state index in [4.69, 9.17) is 15.3 Å². The van der Waals surface area contributed by atoms with Crippen molar-refractivity contribution >= 4 is 17.9 Å². The standard InChI is InChI=1S/C9H10O2.C8H6O4.C8H10/c1-2-7-3-5-8(6-4-7)9(10)11;9-7(10)5-1-2-6(4-3-5)8(11)12;1-7-3-5-8(2)6-4-7/h3-6H,2H2,1H3,(H,10,11);1-4H,(H,9,10)(H,11,12);3-6H,1-2H3. The van der Waals surface area contributed by atoms with E-state index in [1.165, 1.54) is 35.4 Å². The van der Waals surface area contributed by atoms with Crippen molar-refractivity contribution in [2.24, 2.45) is 0 Å². The van der Waals surface area contributed by atoms with Crippen LogP contribution < -0.4 is 0 Å². The molecule has 0 radical (unpaired) electrons. The fraction of sp³-hybridized carbons (Fsp3) is 0.160. The molecule has 0 saturated carbocycles. The molecule has 0 bridgehead atoms. The van der Waals surface area contributed by atoms with Crippen molar-refractivity contribution in [2.45, 2.75) is 27.2 Å². The average Bonchev–Trinajstić information content (AvgIpc) is 2.76. The van der Waals surface area contributed by atoms with Crippen LogP contribution in [0.5, 0.6) is 0 Å². The van der Waals surface area contributed by atoms with Gasteiger partial charge in [0.1, 0.15) is 0 Å². The number of benzene rings is 3. The Hall–Kier alpha value is -3.93. The van der Waals surface area contributed by atoms with E-state index in [0.29, 0.717) is 5.56 Å². The highest BCUT2D eigenvalue weighted by Gasteiger charge is 2.04. The number of aromatic carboxylic acids is 3. The molecule has 0 heterocycles. The van der Waals surface area contributed by atoms with Crippen molar-refractivity contribution in [2.75, 3.05) is 0 Å². The van der Waals surface area contributed by atoms with E-state index in [-0.39, 0.29) is 11.1 Å². The van der Waals surface area contributed by atoms with E-state index < -0.39 is 17.9 Å². The molecule has 0 aromatic heterocycles. The minimum absolute atomic E-state index is 0.0833. The lowest BCUT2D eigenvalue weighted by atomic mass is 10.1. The van der Waals surface area contributed by atoms with Gasteiger partial charge in [-0.05, 0) is 62.2 Å². The first-order valence-electron chi connectivity index (χ1n) is 9.56. The molecule has 0 amide bonds. The Morgan fingerprint density at radius 1 is 0.548 bits per heavy atom. The number of hydrogen-bond acceptors (Lipinski definition) is 3. The third kappa shape index (κ3) is 9.41. The van der Waals surface area contributed by atoms with Gasteiger partial charge >= 0.3 is 17.9 Å². The van der Waals surface area contributed by atoms with Crippen LogP contribution in [0, 0.1) is 13.8 Å². The van der Waals surface area contributed by atoms with Gasteiger partial charge < -0.3 is 15.3 Å². The number of rotatable bonds is 4. The van der Waals surface area contributed by atoms with Crippen molar-refractivity contribution in [1.82, 2.24) is 0 Å². The first kappa shape index (κ1) is 25.1. The second kappa shape index (κ2) is 12.6. The van der Waals surface area contributed by atoms with E-state index in [1.54, 1.807) is 12.1 Å². The molecule has 0 aliphatic carbocycles. The Kier molecular flexibility index (Phi) is 10.2. The number of carboxylic acid groups (broad SMARTS) is 3. The molecule has 0 aliphatic rings. The number of carbonyl (C=O) groups is 3. The van der Waals surface area contributed by atoms with Crippen LogP contribution in [0.15, 0.2) is 72.8 Å². The van der Waals surface area contributed by atoms with Crippen LogP contribution in [0.25, 0.3) is 0 Å². The smallest absolute Gasteiger partial charge is 0.335 e. The third-order valence-corrected chi connectivity index (χ3v) is 4.21. The molecular formula is C25H26O6. The maximum absolute atomic E-state index is 10.4. The summed E-state index contributed by atoms with van der Waals surface area (Å²) in [7, 11) is 0. The molecule has 0 saturated heterocycles. The van der Waals surface area contributed by atoms with Gasteiger partial charge in [-0.15, -0.1) is 0 Å². The van der Waals surface area contributed by atoms with Crippen LogP contribution in [-0.4, -0.2) is 33.2 Å². The van der Waals surface area contributed by atoms with Crippen molar-refractivity contribution < 1.29 is 29.7 Å². The predicted molar refractivity (Wildman–Crippen MR) is 119 cm³/mol. The molecular weight excluding hydrogens is 396 g/mol. The van der Waals surface area contributed by atoms with Gasteiger partial charge in [-0.2, -0.15) is 0 Å². The second-order valence-corrected chi connectivity index (χ2v) is 6.70. The molecule has 0 unspecified atom stereocenters. The number of carboxylic acids is 3. The number of aryl methyl sites for hydroxylation is 3. The van der Waals surface area contributed by atoms with Crippen molar-refractivity contribution in [3.63, 3.8) is 0 Å². The highest BCUT2D eigenvalue weighted by atomic mass is 16.4. The monoisotopic (exact) mass is 422 g/mol. The first-order chi connectivity index (χ1) is 14.6. The minimum atomic E-state index is -1.06. The highest BCUT2D eigenvalue weighted by Crippen LogP contribution is 2.05. The molecule has 0 aliphatic heterocycles. The SMILES string of the molecule is CCc1ccc(C(=O)O)cc1.Cc1ccc(C)cc1.O=C(O)c1ccc(C(=O)O)cc1. The van der Waals surface area contributed by atoms with Crippen molar-refractivity contribution in [3.05, 3.63) is 106 Å². The summed E-state index contributed by atoms with van der Waals surface area (Å²) in [6.07, 6.45) is 0.944. The van der Waals surface area contributed by atoms with E-state index in [0.717, 1.165) is 12.0 Å². The van der Waals surface area contributed by atoms with E-state index in [9.17, 15) is 14.4 Å². The van der Waals surface area contributed by atoms with Gasteiger partial charge in [0, 0.05) is 0 Å². The van der Waals surface area contributed by atoms with Crippen molar-refractivity contribution in [3.8, 4) is 0 Å². The summed E-state index contributed by atoms with van der Waals surface area (Å²) in [5.74, 6) is -2.99. The Morgan fingerprint density at radius 2 is 0.806 bits per heavy atom. The quantitative estimate of drug-likeness (QED) is 0.524. The van der Waals surface area contributed by atoms with Crippen LogP contribution in [0.4, 0.5) is 0 Å². The summed E-state index contributed by atoms with van der Waals surface area (Å²) in [6.45, 7) is 6.23. The third-order valence-electron chi connectivity index (χ3n) is 4.21. The van der Waals surface area contributed by atoms with Crippen LogP contribution in [0.1, 0.15) is 54.7 Å². The van der Waals surface area contributed by atoms with Gasteiger partial charge in [-0.25, -0.2) is 14.4 Å². The molecule has 3 N–H and O–H groups in total. The fourth-order valence-corrected chi connectivity index (χ4v) is 2.28. The molecule has 3 rings (SSSR count). The summed E-state index contributed by atoms with van der Waals surface area (Å²) >= 11 is 0. The minimum Gasteiger partial charge on any atom is -0.478 e. The lowest BCUT2D eigenvalue weighted by Crippen LogP contribution is -1.99. The molecule has 162 valence electrons. The van der Waals surface area contributed by atoms with Crippen molar-refractivity contribution in [1.29, 1.82) is 0 Å². The maximum Gasteiger partial charge on any atom is 0.335 e. The summed E-state index contributed by atoms with van der Waals surface area (Å²) in [5, 5.41) is 25.5. The highest BCUT2D eigenvalue weighted by molar-refractivity contribution is 5.91. The zero-order valence-corrected chi connectivity index (χ0v) is 17.7. The van der Waals surface area contributed by atoms with Crippen LogP contribution in [-0.2, 0) is 6.42 Å². The summed E-state index contributed by atoms with van der Waals surface area (Å²) < 4.78 is 0. The van der Waals surface area contributed by atoms with Crippen LogP contribution in [0.3, 0.4) is 0 Å². The van der Waals surface area contributed by atoms with Gasteiger partial charge in [-0.1, -0.05) is 54.4 Å². The van der Waals surface area contributed by atoms with Gasteiger partial charge in [0.15, 0.2) is 0 Å². The Balaban J connectivity index is 0.000000237. The Bertz CT molecular complexity index is 934. The summed E-state index contributed by atoms with van der Waals surface area (Å²) in [4.78, 5) is 31.1. The summed E-state index contributed by atoms with van der Waals surface area (Å²) in [5.41, 5.74) is 4.34. The molecule has 6 heteroatoms. The predicted octanol–water partition coefficient (Wildman–Crippen LogP) is 5.33. The Morgan fingerprint density at radius 3 is 1.03 bits per heavy atom. The van der Waals surface area contributed by atoms with E-state index >= 15 is 0 Å². The molecule has 3 aromatic rings. The molecule has 0 atom stereocenters. The van der Waals surface area contributed by atoms with Gasteiger partial charge in [0.2, 0.25) is 0 Å². The number of hydrogen-bond donors (Lipinski definition) is 3. The van der Waals surface area contributed by atoms with E-state index in [2.05, 4.69) is 38.1 Å². The first-order valence-corrected chi connectivity index (χ1v) is 9.56. The maximum atomic E-state index is 10.4. The lowest BCUT2D eigenvalue weighted by Gasteiger charge is -1.96. The normalized spacial score (nSPS) is 9.39. The zero-order valence-electron chi connectivity index (χ0n) is 17.7. The van der Waals surface area contributed by atoms with E-state index in [1.807, 2.05) is 19.1 Å². The zero-order chi connectivity index (χ0) is 23.4. The van der Waals surface area contributed by atoms with Gasteiger partial charge in [0.05, 0.1) is 16.7 Å². The van der Waals surface area contributed by atoms with Gasteiger partial charge in [0.25, 0.3) is 0 Å². The fourth-order valence-electron chi connectivity index (χ4n) is 2.28. The van der Waals surface area contributed by atoms with Crippen LogP contribution >= 0.6 is 0 Å².